The lowest BCUT2D eigenvalue weighted by atomic mass is 10.0. The summed E-state index contributed by atoms with van der Waals surface area (Å²) in [4.78, 5) is 14.8. The number of benzene rings is 2. The van der Waals surface area contributed by atoms with Crippen molar-refractivity contribution in [1.29, 1.82) is 0 Å². The number of fused-ring (bicyclic) bond motifs is 1. The van der Waals surface area contributed by atoms with Crippen LogP contribution >= 0.6 is 27.3 Å². The van der Waals surface area contributed by atoms with Gasteiger partial charge in [-0.15, -0.1) is 11.3 Å². The van der Waals surface area contributed by atoms with Crippen LogP contribution in [-0.4, -0.2) is 56.8 Å². The van der Waals surface area contributed by atoms with Crippen LogP contribution in [0.2, 0.25) is 0 Å². The molecule has 1 aliphatic heterocycles. The number of thiophene rings is 1. The monoisotopic (exact) mass is 494 g/mol. The number of nitrogens with zero attached hydrogens (tertiary/aromatic N) is 2. The summed E-state index contributed by atoms with van der Waals surface area (Å²) in [5.74, 6) is 0.371. The number of ether oxygens (including phenoxy) is 1. The van der Waals surface area contributed by atoms with Gasteiger partial charge in [-0.2, -0.15) is 4.31 Å². The number of rotatable bonds is 4. The molecule has 0 aliphatic carbocycles. The molecular weight excluding hydrogens is 476 g/mol. The van der Waals surface area contributed by atoms with Gasteiger partial charge in [-0.1, -0.05) is 24.3 Å². The number of halogens is 1. The average Bonchev–Trinajstić information content (AvgIpc) is 3.19. The Morgan fingerprint density at radius 1 is 1.03 bits per heavy atom. The van der Waals surface area contributed by atoms with Crippen molar-refractivity contribution in [3.63, 3.8) is 0 Å². The number of piperazine rings is 1. The van der Waals surface area contributed by atoms with E-state index in [0.717, 1.165) is 14.6 Å². The molecule has 1 amide bonds. The largest absolute Gasteiger partial charge is 0.496 e. The predicted molar refractivity (Wildman–Crippen MR) is 117 cm³/mol. The van der Waals surface area contributed by atoms with Crippen molar-refractivity contribution in [3.05, 3.63) is 57.9 Å². The first-order valence-electron chi connectivity index (χ1n) is 9.02. The molecule has 0 atom stereocenters. The molecule has 3 aromatic rings. The summed E-state index contributed by atoms with van der Waals surface area (Å²) < 4.78 is 33.5. The van der Waals surface area contributed by atoms with Gasteiger partial charge in [-0.05, 0) is 51.0 Å². The second-order valence-corrected chi connectivity index (χ2v) is 11.3. The van der Waals surface area contributed by atoms with E-state index in [9.17, 15) is 13.2 Å². The second kappa shape index (κ2) is 8.06. The van der Waals surface area contributed by atoms with Gasteiger partial charge in [0.25, 0.3) is 15.9 Å². The lowest BCUT2D eigenvalue weighted by molar-refractivity contribution is 0.0695. The van der Waals surface area contributed by atoms with Crippen molar-refractivity contribution in [1.82, 2.24) is 9.21 Å². The van der Waals surface area contributed by atoms with Crippen LogP contribution in [0.25, 0.3) is 10.8 Å². The van der Waals surface area contributed by atoms with E-state index in [2.05, 4.69) is 15.9 Å². The summed E-state index contributed by atoms with van der Waals surface area (Å²) in [6.07, 6.45) is 0. The molecule has 0 N–H and O–H groups in total. The molecular formula is C20H19BrN2O4S2. The SMILES string of the molecule is COc1cc2ccccc2cc1C(=O)N1CCN(S(=O)(=O)c2ccc(Br)s2)CC1. The van der Waals surface area contributed by atoms with Crippen molar-refractivity contribution in [2.24, 2.45) is 0 Å². The third kappa shape index (κ3) is 3.92. The minimum absolute atomic E-state index is 0.150. The molecule has 0 spiro atoms. The molecule has 1 aromatic heterocycles. The molecule has 6 nitrogen and oxygen atoms in total. The highest BCUT2D eigenvalue weighted by Gasteiger charge is 2.32. The Hall–Kier alpha value is -1.94. The van der Waals surface area contributed by atoms with Gasteiger partial charge in [-0.3, -0.25) is 4.79 Å². The fourth-order valence-electron chi connectivity index (χ4n) is 3.42. The van der Waals surface area contributed by atoms with Crippen molar-refractivity contribution in [3.8, 4) is 5.75 Å². The van der Waals surface area contributed by atoms with Crippen LogP contribution in [-0.2, 0) is 10.0 Å². The zero-order chi connectivity index (χ0) is 20.6. The Morgan fingerprint density at radius 3 is 2.28 bits per heavy atom. The van der Waals surface area contributed by atoms with Crippen molar-refractivity contribution in [2.45, 2.75) is 4.21 Å². The molecule has 2 heterocycles. The molecule has 1 saturated heterocycles. The van der Waals surface area contributed by atoms with E-state index < -0.39 is 10.0 Å². The smallest absolute Gasteiger partial charge is 0.257 e. The van der Waals surface area contributed by atoms with Gasteiger partial charge < -0.3 is 9.64 Å². The second-order valence-electron chi connectivity index (χ2n) is 6.65. The highest BCUT2D eigenvalue weighted by Crippen LogP contribution is 2.30. The molecule has 1 aliphatic rings. The Labute approximate surface area is 181 Å². The molecule has 9 heteroatoms. The summed E-state index contributed by atoms with van der Waals surface area (Å²) >= 11 is 4.49. The van der Waals surface area contributed by atoms with Crippen LogP contribution in [0.15, 0.2) is 56.5 Å². The average molecular weight is 495 g/mol. The van der Waals surface area contributed by atoms with Gasteiger partial charge in [0.15, 0.2) is 0 Å². The first-order valence-corrected chi connectivity index (χ1v) is 12.1. The van der Waals surface area contributed by atoms with Gasteiger partial charge in [-0.25, -0.2) is 8.42 Å². The summed E-state index contributed by atoms with van der Waals surface area (Å²) in [6.45, 7) is 1.19. The van der Waals surface area contributed by atoms with E-state index in [1.807, 2.05) is 36.4 Å². The Morgan fingerprint density at radius 2 is 1.69 bits per heavy atom. The highest BCUT2D eigenvalue weighted by atomic mass is 79.9. The summed E-state index contributed by atoms with van der Waals surface area (Å²) in [7, 11) is -1.99. The van der Waals surface area contributed by atoms with Crippen LogP contribution in [0, 0.1) is 0 Å². The number of sulfonamides is 1. The van der Waals surface area contributed by atoms with E-state index in [4.69, 9.17) is 4.74 Å². The van der Waals surface area contributed by atoms with E-state index in [1.165, 1.54) is 15.6 Å². The summed E-state index contributed by atoms with van der Waals surface area (Å²) in [6, 6.07) is 14.8. The Bertz CT molecular complexity index is 1170. The van der Waals surface area contributed by atoms with E-state index in [0.29, 0.717) is 28.6 Å². The number of hydrogen-bond donors (Lipinski definition) is 0. The lowest BCUT2D eigenvalue weighted by Crippen LogP contribution is -2.50. The van der Waals surface area contributed by atoms with Crippen LogP contribution in [0.5, 0.6) is 5.75 Å². The number of carbonyl (C=O) groups excluding carboxylic acids is 1. The maximum absolute atomic E-state index is 13.1. The highest BCUT2D eigenvalue weighted by molar-refractivity contribution is 9.11. The molecule has 1 fully saturated rings. The first-order chi connectivity index (χ1) is 13.9. The zero-order valence-corrected chi connectivity index (χ0v) is 18.9. The molecule has 152 valence electrons. The molecule has 0 bridgehead atoms. The number of methoxy groups -OCH3 is 1. The fraction of sp³-hybridized carbons (Fsp3) is 0.250. The topological polar surface area (TPSA) is 66.9 Å². The standard InChI is InChI=1S/C20H19BrN2O4S2/c1-27-17-13-15-5-3-2-4-14(15)12-16(17)20(24)22-8-10-23(11-9-22)29(25,26)19-7-6-18(21)28-19/h2-7,12-13H,8-11H2,1H3. The fourth-order valence-corrected chi connectivity index (χ4v) is 7.01. The quantitative estimate of drug-likeness (QED) is 0.552. The van der Waals surface area contributed by atoms with Gasteiger partial charge in [0.1, 0.15) is 9.96 Å². The number of carbonyl (C=O) groups is 1. The van der Waals surface area contributed by atoms with Crippen LogP contribution in [0.4, 0.5) is 0 Å². The first kappa shape index (κ1) is 20.3. The van der Waals surface area contributed by atoms with Crippen LogP contribution < -0.4 is 4.74 Å². The predicted octanol–water partition coefficient (Wildman–Crippen LogP) is 3.82. The van der Waals surface area contributed by atoms with Crippen molar-refractivity contribution in [2.75, 3.05) is 33.3 Å². The van der Waals surface area contributed by atoms with E-state index in [1.54, 1.807) is 24.1 Å². The molecule has 0 saturated carbocycles. The van der Waals surface area contributed by atoms with Crippen molar-refractivity contribution >= 4 is 54.0 Å². The number of hydrogen-bond acceptors (Lipinski definition) is 5. The molecule has 4 rings (SSSR count). The minimum Gasteiger partial charge on any atom is -0.496 e. The lowest BCUT2D eigenvalue weighted by Gasteiger charge is -2.34. The van der Waals surface area contributed by atoms with E-state index in [-0.39, 0.29) is 19.0 Å². The van der Waals surface area contributed by atoms with E-state index >= 15 is 0 Å². The van der Waals surface area contributed by atoms with Crippen LogP contribution in [0.1, 0.15) is 10.4 Å². The minimum atomic E-state index is -3.54. The molecule has 0 radical (unpaired) electrons. The third-order valence-corrected chi connectivity index (χ3v) is 8.96. The third-order valence-electron chi connectivity index (χ3n) is 4.97. The van der Waals surface area contributed by atoms with Gasteiger partial charge in [0.05, 0.1) is 16.5 Å². The molecule has 29 heavy (non-hydrogen) atoms. The Balaban J connectivity index is 1.53. The van der Waals surface area contributed by atoms with Crippen LogP contribution in [0.3, 0.4) is 0 Å². The van der Waals surface area contributed by atoms with Crippen molar-refractivity contribution < 1.29 is 17.9 Å². The Kier molecular flexibility index (Phi) is 5.65. The summed E-state index contributed by atoms with van der Waals surface area (Å²) in [5.41, 5.74) is 0.490. The molecule has 2 aromatic carbocycles. The maximum Gasteiger partial charge on any atom is 0.257 e. The maximum atomic E-state index is 13.1. The van der Waals surface area contributed by atoms with Gasteiger partial charge in [0.2, 0.25) is 0 Å². The summed E-state index contributed by atoms with van der Waals surface area (Å²) in [5, 5.41) is 1.96. The van der Waals surface area contributed by atoms with Gasteiger partial charge >= 0.3 is 0 Å². The normalized spacial score (nSPS) is 15.6. The zero-order valence-electron chi connectivity index (χ0n) is 15.7. The van der Waals surface area contributed by atoms with Gasteiger partial charge in [0, 0.05) is 26.2 Å². The number of amides is 1. The molecule has 0 unspecified atom stereocenters.